The number of primary amides is 1. The Morgan fingerprint density at radius 1 is 1.85 bits per heavy atom. The average Bonchev–Trinajstić information content (AvgIpc) is 2.51. The molecule has 1 unspecified atom stereocenters. The molecule has 1 rings (SSSR count). The van der Waals surface area contributed by atoms with E-state index in [1.807, 2.05) is 6.07 Å². The first-order chi connectivity index (χ1) is 6.15. The van der Waals surface area contributed by atoms with Crippen LogP contribution in [0.1, 0.15) is 5.82 Å². The Labute approximate surface area is 74.8 Å². The van der Waals surface area contributed by atoms with Gasteiger partial charge in [-0.1, -0.05) is 0 Å². The summed E-state index contributed by atoms with van der Waals surface area (Å²) in [5.74, 6) is -0.380. The number of carbonyl (C=O) groups excluding carboxylic acids is 1. The van der Waals surface area contributed by atoms with E-state index in [1.54, 1.807) is 6.20 Å². The predicted octanol–water partition coefficient (Wildman–Crippen LogP) is -1.43. The molecule has 0 aliphatic heterocycles. The van der Waals surface area contributed by atoms with Gasteiger partial charge in [0.25, 0.3) is 0 Å². The van der Waals surface area contributed by atoms with Crippen LogP contribution in [0.2, 0.25) is 0 Å². The molecule has 0 spiro atoms. The number of aromatic nitrogens is 2. The van der Waals surface area contributed by atoms with Crippen LogP contribution in [0.4, 0.5) is 0 Å². The standard InChI is InChI=1S/C7H9N5O/c8-3-6-11-1-2-12(6)4-5(9)7(10)13/h1-2,5H,4,9H2,(H2,10,13). The summed E-state index contributed by atoms with van der Waals surface area (Å²) in [4.78, 5) is 14.3. The van der Waals surface area contributed by atoms with Gasteiger partial charge in [-0.15, -0.1) is 0 Å². The van der Waals surface area contributed by atoms with Crippen LogP contribution in [0, 0.1) is 11.3 Å². The summed E-state index contributed by atoms with van der Waals surface area (Å²) < 4.78 is 1.48. The number of rotatable bonds is 3. The highest BCUT2D eigenvalue weighted by atomic mass is 16.1. The van der Waals surface area contributed by atoms with Crippen LogP contribution < -0.4 is 11.5 Å². The second-order valence-corrected chi connectivity index (χ2v) is 2.52. The zero-order valence-corrected chi connectivity index (χ0v) is 6.84. The minimum Gasteiger partial charge on any atom is -0.368 e. The third-order valence-electron chi connectivity index (χ3n) is 1.57. The predicted molar refractivity (Wildman–Crippen MR) is 44.1 cm³/mol. The molecule has 1 aromatic heterocycles. The average molecular weight is 179 g/mol. The van der Waals surface area contributed by atoms with Crippen LogP contribution in [-0.4, -0.2) is 21.5 Å². The zero-order valence-electron chi connectivity index (χ0n) is 6.84. The number of hydrogen-bond donors (Lipinski definition) is 2. The molecule has 0 saturated heterocycles. The fourth-order valence-corrected chi connectivity index (χ4v) is 0.871. The van der Waals surface area contributed by atoms with Crippen molar-refractivity contribution in [1.82, 2.24) is 9.55 Å². The third-order valence-corrected chi connectivity index (χ3v) is 1.57. The van der Waals surface area contributed by atoms with Gasteiger partial charge in [0.05, 0.1) is 0 Å². The van der Waals surface area contributed by atoms with E-state index in [4.69, 9.17) is 16.7 Å². The van der Waals surface area contributed by atoms with Crippen LogP contribution in [0.3, 0.4) is 0 Å². The first kappa shape index (κ1) is 9.22. The molecule has 0 bridgehead atoms. The summed E-state index contributed by atoms with van der Waals surface area (Å²) in [6.07, 6.45) is 3.04. The quantitative estimate of drug-likeness (QED) is 0.592. The van der Waals surface area contributed by atoms with Gasteiger partial charge in [-0.2, -0.15) is 5.26 Å². The molecule has 68 valence electrons. The maximum Gasteiger partial charge on any atom is 0.236 e. The minimum atomic E-state index is -0.790. The van der Waals surface area contributed by atoms with Crippen molar-refractivity contribution >= 4 is 5.91 Å². The highest BCUT2D eigenvalue weighted by Gasteiger charge is 2.11. The molecular formula is C7H9N5O. The lowest BCUT2D eigenvalue weighted by Crippen LogP contribution is -2.39. The number of amides is 1. The molecule has 1 aromatic rings. The molecule has 0 aliphatic carbocycles. The van der Waals surface area contributed by atoms with Gasteiger partial charge < -0.3 is 16.0 Å². The highest BCUT2D eigenvalue weighted by molar-refractivity contribution is 5.79. The van der Waals surface area contributed by atoms with Gasteiger partial charge >= 0.3 is 0 Å². The van der Waals surface area contributed by atoms with Crippen molar-refractivity contribution in [2.24, 2.45) is 11.5 Å². The van der Waals surface area contributed by atoms with Crippen molar-refractivity contribution in [3.63, 3.8) is 0 Å². The molecule has 13 heavy (non-hydrogen) atoms. The van der Waals surface area contributed by atoms with Crippen LogP contribution in [0.15, 0.2) is 12.4 Å². The summed E-state index contributed by atoms with van der Waals surface area (Å²) >= 11 is 0. The normalized spacial score (nSPS) is 12.0. The Balaban J connectivity index is 2.75. The van der Waals surface area contributed by atoms with E-state index in [0.717, 1.165) is 0 Å². The van der Waals surface area contributed by atoms with E-state index < -0.39 is 11.9 Å². The molecular weight excluding hydrogens is 170 g/mol. The molecule has 0 saturated carbocycles. The van der Waals surface area contributed by atoms with E-state index in [2.05, 4.69) is 4.98 Å². The Bertz CT molecular complexity index is 350. The van der Waals surface area contributed by atoms with Gasteiger partial charge in [-0.05, 0) is 0 Å². The largest absolute Gasteiger partial charge is 0.368 e. The first-order valence-electron chi connectivity index (χ1n) is 3.61. The first-order valence-corrected chi connectivity index (χ1v) is 3.61. The van der Waals surface area contributed by atoms with Crippen molar-refractivity contribution in [3.8, 4) is 6.07 Å². The Kier molecular flexibility index (Phi) is 2.62. The van der Waals surface area contributed by atoms with Crippen molar-refractivity contribution in [2.75, 3.05) is 0 Å². The summed E-state index contributed by atoms with van der Waals surface area (Å²) in [5, 5.41) is 8.57. The Morgan fingerprint density at radius 3 is 3.08 bits per heavy atom. The van der Waals surface area contributed by atoms with Crippen molar-refractivity contribution in [2.45, 2.75) is 12.6 Å². The Morgan fingerprint density at radius 2 is 2.54 bits per heavy atom. The molecule has 6 nitrogen and oxygen atoms in total. The van der Waals surface area contributed by atoms with E-state index in [9.17, 15) is 4.79 Å². The number of nitriles is 1. The lowest BCUT2D eigenvalue weighted by molar-refractivity contribution is -0.119. The molecule has 0 radical (unpaired) electrons. The number of hydrogen-bond acceptors (Lipinski definition) is 4. The van der Waals surface area contributed by atoms with Crippen molar-refractivity contribution in [1.29, 1.82) is 5.26 Å². The second-order valence-electron chi connectivity index (χ2n) is 2.52. The van der Waals surface area contributed by atoms with Gasteiger partial charge in [-0.25, -0.2) is 4.98 Å². The van der Waals surface area contributed by atoms with E-state index in [-0.39, 0.29) is 12.4 Å². The minimum absolute atomic E-state index is 0.179. The van der Waals surface area contributed by atoms with Gasteiger partial charge in [-0.3, -0.25) is 4.79 Å². The monoisotopic (exact) mass is 179 g/mol. The zero-order chi connectivity index (χ0) is 9.84. The van der Waals surface area contributed by atoms with Gasteiger partial charge in [0.1, 0.15) is 12.1 Å². The molecule has 1 atom stereocenters. The van der Waals surface area contributed by atoms with E-state index in [0.29, 0.717) is 0 Å². The van der Waals surface area contributed by atoms with Gasteiger partial charge in [0.15, 0.2) is 0 Å². The maximum absolute atomic E-state index is 10.6. The lowest BCUT2D eigenvalue weighted by atomic mass is 10.3. The Hall–Kier alpha value is -1.87. The van der Waals surface area contributed by atoms with Crippen LogP contribution >= 0.6 is 0 Å². The highest BCUT2D eigenvalue weighted by Crippen LogP contribution is 1.96. The van der Waals surface area contributed by atoms with Gasteiger partial charge in [0.2, 0.25) is 11.7 Å². The molecule has 1 heterocycles. The second kappa shape index (κ2) is 3.69. The summed E-state index contributed by atoms with van der Waals surface area (Å²) in [6, 6.07) is 1.07. The van der Waals surface area contributed by atoms with Gasteiger partial charge in [0, 0.05) is 18.9 Å². The fraction of sp³-hybridized carbons (Fsp3) is 0.286. The van der Waals surface area contributed by atoms with Crippen LogP contribution in [-0.2, 0) is 11.3 Å². The summed E-state index contributed by atoms with van der Waals surface area (Å²) in [5.41, 5.74) is 10.4. The van der Waals surface area contributed by atoms with Crippen molar-refractivity contribution < 1.29 is 4.79 Å². The molecule has 1 amide bonds. The molecule has 0 aromatic carbocycles. The molecule has 4 N–H and O–H groups in total. The smallest absolute Gasteiger partial charge is 0.236 e. The fourth-order valence-electron chi connectivity index (χ4n) is 0.871. The topological polar surface area (TPSA) is 111 Å². The SMILES string of the molecule is N#Cc1nccn1CC(N)C(N)=O. The lowest BCUT2D eigenvalue weighted by Gasteiger charge is -2.07. The number of carbonyl (C=O) groups is 1. The number of nitrogens with zero attached hydrogens (tertiary/aromatic N) is 3. The summed E-state index contributed by atoms with van der Waals surface area (Å²) in [6.45, 7) is 0.179. The number of nitrogens with two attached hydrogens (primary N) is 2. The van der Waals surface area contributed by atoms with E-state index in [1.165, 1.54) is 10.8 Å². The molecule has 6 heteroatoms. The summed E-state index contributed by atoms with van der Waals surface area (Å²) in [7, 11) is 0. The van der Waals surface area contributed by atoms with Crippen LogP contribution in [0.5, 0.6) is 0 Å². The number of imidazole rings is 1. The third kappa shape index (κ3) is 2.04. The molecule has 0 fully saturated rings. The molecule has 0 aliphatic rings. The van der Waals surface area contributed by atoms with Crippen molar-refractivity contribution in [3.05, 3.63) is 18.2 Å². The van der Waals surface area contributed by atoms with Crippen LogP contribution in [0.25, 0.3) is 0 Å². The van der Waals surface area contributed by atoms with E-state index >= 15 is 0 Å². The maximum atomic E-state index is 10.6.